The van der Waals surface area contributed by atoms with Crippen molar-refractivity contribution in [3.8, 4) is 49.1 Å². The van der Waals surface area contributed by atoms with E-state index in [2.05, 4.69) is 25.9 Å². The lowest BCUT2D eigenvalue weighted by molar-refractivity contribution is -0.138. The predicted molar refractivity (Wildman–Crippen MR) is 348 cm³/mol. The number of ether oxygens (including phenoxy) is 1. The number of aromatic hydroxyl groups is 1. The molecular formula is C61H57N13O14S6. The van der Waals surface area contributed by atoms with Crippen molar-refractivity contribution in [3.63, 3.8) is 0 Å². The number of hydrogen-bond acceptors (Lipinski definition) is 25. The Morgan fingerprint density at radius 3 is 2.06 bits per heavy atom. The van der Waals surface area contributed by atoms with Gasteiger partial charge in [0, 0.05) is 75.6 Å². The minimum atomic E-state index is -1.44. The van der Waals surface area contributed by atoms with Crippen molar-refractivity contribution >= 4 is 121 Å². The molecule has 10 N–H and O–H groups in total. The van der Waals surface area contributed by atoms with Crippen molar-refractivity contribution in [2.45, 2.75) is 88.7 Å². The second-order valence-electron chi connectivity index (χ2n) is 21.8. The molecule has 9 aromatic rings. The van der Waals surface area contributed by atoms with Gasteiger partial charge in [0.1, 0.15) is 94.0 Å². The number of nitrogens with zero attached hydrogens (tertiary/aromatic N) is 9. The highest BCUT2D eigenvalue weighted by molar-refractivity contribution is 7.15. The number of hydrogen-bond donors (Lipinski definition) is 9. The number of aromatic nitrogens is 7. The van der Waals surface area contributed by atoms with E-state index in [-0.39, 0.29) is 96.2 Å². The number of aliphatic carboxylic acids is 2. The van der Waals surface area contributed by atoms with Crippen molar-refractivity contribution in [1.29, 1.82) is 0 Å². The average Bonchev–Trinajstić information content (AvgIpc) is 1.62. The number of amides is 6. The molecule has 0 radical (unpaired) electrons. The molecule has 33 heteroatoms. The van der Waals surface area contributed by atoms with Gasteiger partial charge in [0.05, 0.1) is 36.9 Å². The van der Waals surface area contributed by atoms with E-state index in [1.165, 1.54) is 50.5 Å². The quantitative estimate of drug-likeness (QED) is 0.0414. The number of carboxylic acid groups (broad SMARTS) is 2. The number of aryl methyl sites for hydroxylation is 1. The van der Waals surface area contributed by atoms with E-state index in [1.54, 1.807) is 84.6 Å². The van der Waals surface area contributed by atoms with Crippen LogP contribution in [-0.4, -0.2) is 145 Å². The zero-order valence-corrected chi connectivity index (χ0v) is 54.5. The van der Waals surface area contributed by atoms with Crippen LogP contribution < -0.4 is 26.6 Å². The molecule has 2 aliphatic rings. The average molecular weight is 1390 g/mol. The van der Waals surface area contributed by atoms with E-state index < -0.39 is 96.3 Å². The lowest BCUT2D eigenvalue weighted by Gasteiger charge is -2.29. The fraction of sp³-hybridized carbons (Fsp3) is 0.295. The van der Waals surface area contributed by atoms with Crippen LogP contribution in [0.3, 0.4) is 0 Å². The minimum Gasteiger partial charge on any atom is -0.508 e. The lowest BCUT2D eigenvalue weighted by atomic mass is 10.00. The molecule has 1 fully saturated rings. The first kappa shape index (κ1) is 66.1. The molecule has 94 heavy (non-hydrogen) atoms. The molecule has 27 nitrogen and oxygen atoms in total. The summed E-state index contributed by atoms with van der Waals surface area (Å²) in [5.74, 6) is -6.26. The minimum absolute atomic E-state index is 0.0232. The van der Waals surface area contributed by atoms with Gasteiger partial charge in [-0.3, -0.25) is 38.5 Å². The monoisotopic (exact) mass is 1390 g/mol. The van der Waals surface area contributed by atoms with Crippen molar-refractivity contribution in [3.05, 3.63) is 142 Å². The maximum atomic E-state index is 15.2. The fourth-order valence-electron chi connectivity index (χ4n) is 10.5. The number of phenolic OH excluding ortho intramolecular Hbond substituents is 1. The van der Waals surface area contributed by atoms with E-state index in [9.17, 15) is 54.0 Å². The van der Waals surface area contributed by atoms with E-state index >= 15 is 4.79 Å². The van der Waals surface area contributed by atoms with Gasteiger partial charge in [0.15, 0.2) is 0 Å². The Morgan fingerprint density at radius 1 is 0.681 bits per heavy atom. The van der Waals surface area contributed by atoms with Gasteiger partial charge >= 0.3 is 18.0 Å². The van der Waals surface area contributed by atoms with Crippen LogP contribution in [-0.2, 0) is 30.3 Å². The molecule has 0 aliphatic carbocycles. The van der Waals surface area contributed by atoms with Crippen LogP contribution in [0.1, 0.15) is 126 Å². The van der Waals surface area contributed by atoms with Gasteiger partial charge in [0.2, 0.25) is 11.8 Å². The second kappa shape index (κ2) is 28.9. The summed E-state index contributed by atoms with van der Waals surface area (Å²) in [7, 11) is 0. The van der Waals surface area contributed by atoms with Crippen LogP contribution in [0.2, 0.25) is 0 Å². The number of carboxylic acids is 2. The maximum absolute atomic E-state index is 15.2. The molecule has 7 atom stereocenters. The highest BCUT2D eigenvalue weighted by atomic mass is 32.1. The summed E-state index contributed by atoms with van der Waals surface area (Å²) in [5, 5.41) is 70.5. The van der Waals surface area contributed by atoms with Crippen molar-refractivity contribution in [2.24, 2.45) is 11.7 Å². The number of aliphatic hydroxyl groups excluding tert-OH is 2. The van der Waals surface area contributed by atoms with E-state index in [0.717, 1.165) is 50.2 Å². The van der Waals surface area contributed by atoms with Crippen molar-refractivity contribution in [1.82, 2.24) is 55.7 Å². The molecule has 11 rings (SSSR count). The lowest BCUT2D eigenvalue weighted by Crippen LogP contribution is -2.50. The van der Waals surface area contributed by atoms with Crippen LogP contribution >= 0.6 is 68.0 Å². The molecule has 0 saturated carbocycles. The first-order chi connectivity index (χ1) is 45.2. The Kier molecular flexibility index (Phi) is 20.3. The molecule has 2 aliphatic heterocycles. The Bertz CT molecular complexity index is 4320. The van der Waals surface area contributed by atoms with Gasteiger partial charge < -0.3 is 56.9 Å². The smallest absolute Gasteiger partial charge is 0.415 e. The number of anilines is 1. The van der Waals surface area contributed by atoms with Crippen LogP contribution in [0, 0.1) is 12.8 Å². The second-order valence-corrected chi connectivity index (χ2v) is 27.4. The molecule has 1 saturated heterocycles. The number of pyridine rings is 1. The van der Waals surface area contributed by atoms with Crippen LogP contribution in [0.5, 0.6) is 5.75 Å². The number of carbonyl (C=O) groups excluding carboxylic acids is 6. The molecule has 10 bridgehead atoms. The zero-order chi connectivity index (χ0) is 66.5. The molecule has 7 aromatic heterocycles. The van der Waals surface area contributed by atoms with Gasteiger partial charge in [-0.15, -0.1) is 68.0 Å². The van der Waals surface area contributed by atoms with E-state index in [4.69, 9.17) is 40.5 Å². The van der Waals surface area contributed by atoms with Crippen LogP contribution in [0.25, 0.3) is 43.4 Å². The number of rotatable bonds is 16. The summed E-state index contributed by atoms with van der Waals surface area (Å²) in [6, 6.07) is 13.4. The zero-order valence-electron chi connectivity index (χ0n) is 49.6. The number of aliphatic hydroxyl groups is 2. The Balaban J connectivity index is 0.997. The molecule has 0 unspecified atom stereocenters. The summed E-state index contributed by atoms with van der Waals surface area (Å²) >= 11 is 6.65. The van der Waals surface area contributed by atoms with Gasteiger partial charge in [-0.05, 0) is 55.2 Å². The molecule has 486 valence electrons. The fourth-order valence-corrected chi connectivity index (χ4v) is 15.8. The maximum Gasteiger partial charge on any atom is 0.415 e. The van der Waals surface area contributed by atoms with Crippen LogP contribution in [0.15, 0.2) is 93.6 Å². The normalized spacial score (nSPS) is 18.7. The summed E-state index contributed by atoms with van der Waals surface area (Å²) < 4.78 is 5.38. The first-order valence-corrected chi connectivity index (χ1v) is 34.2. The number of primary amides is 1. The third-order valence-electron chi connectivity index (χ3n) is 15.2. The predicted octanol–water partition coefficient (Wildman–Crippen LogP) is 7.96. The Hall–Kier alpha value is -9.35. The third kappa shape index (κ3) is 15.0. The molecular weight excluding hydrogens is 1330 g/mol. The number of fused-ring (bicyclic) bond motifs is 16. The molecule has 9 heterocycles. The highest BCUT2D eigenvalue weighted by Gasteiger charge is 2.46. The summed E-state index contributed by atoms with van der Waals surface area (Å²) in [6.07, 6.45) is -4.25. The first-order valence-electron chi connectivity index (χ1n) is 29.0. The number of nitrogens with one attached hydrogen (secondary N) is 3. The molecule has 6 amide bonds. The summed E-state index contributed by atoms with van der Waals surface area (Å²) in [4.78, 5) is 144. The summed E-state index contributed by atoms with van der Waals surface area (Å²) in [5.41, 5.74) is 8.11. The number of thiazole rings is 6. The summed E-state index contributed by atoms with van der Waals surface area (Å²) in [6.45, 7) is 2.97. The standard InChI is InChI=1S/C61H57N13O14S6/c1-28-41(76)22-74-49(28)59-69-40(26-92-59)56-66-37(23-90-56)47-33(16-17-34(63-47)55-70-43(27-93-55)73(18-6-10-44(78)79)61(87)88-19-7-11-45(80)81)54-67-38(24-89-54)51(83)64-35(21-42(62)77)57-72-46(29(2)94-57)53(85)71-48(50(82)31-8-4-3-5-9-31)58-68-39(25-91-58)52(84)65-36(60(74)86)20-30-12-14-32(75)15-13-30/h3-5,8-9,12-17,23-28,35-36,41,48-50,75-76,82H,6-7,10-11,18-22H2,1-2H3,(H2,62,77)(H,64,83)(H,65,84)(H,71,85)(H,78,79)(H,80,81)/t28-,35-,36-,41-,48-,49-,50+/m0/s1. The van der Waals surface area contributed by atoms with E-state index in [0.29, 0.717) is 58.7 Å². The van der Waals surface area contributed by atoms with Gasteiger partial charge in [-0.25, -0.2) is 39.7 Å². The third-order valence-corrected chi connectivity index (χ3v) is 20.8. The van der Waals surface area contributed by atoms with E-state index in [1.807, 2.05) is 0 Å². The number of benzene rings is 2. The number of carbonyl (C=O) groups is 8. The van der Waals surface area contributed by atoms with Gasteiger partial charge in [-0.1, -0.05) is 49.4 Å². The number of nitrogens with two attached hydrogens (primary N) is 1. The topological polar surface area (TPSA) is 406 Å². The molecule has 2 aromatic carbocycles. The van der Waals surface area contributed by atoms with Crippen molar-refractivity contribution < 1.29 is 68.6 Å². The molecule has 0 spiro atoms. The van der Waals surface area contributed by atoms with Crippen molar-refractivity contribution in [2.75, 3.05) is 24.6 Å². The van der Waals surface area contributed by atoms with Gasteiger partial charge in [-0.2, -0.15) is 0 Å². The van der Waals surface area contributed by atoms with Crippen LogP contribution in [0.4, 0.5) is 10.6 Å². The Labute approximate surface area is 558 Å². The number of phenols is 1. The Morgan fingerprint density at radius 2 is 1.32 bits per heavy atom. The SMILES string of the molecule is Cc1sc2nc1C(=O)N[C@@H]([C@H](O)c1ccccc1)c1nc(cs1)C(=O)N[C@@H](Cc1ccc(O)cc1)C(=O)N1C[C@H](O)[C@H](C)[C@H]1c1nc(cs1)-c1nc(cs1)-c1nc(-c3nc(N(CCCC(=O)O)C(=O)OCCCC(=O)O)cs3)ccc1-c1nc(cs1)C(=O)N[C@H]2CC(N)=O. The van der Waals surface area contributed by atoms with Gasteiger partial charge in [0.25, 0.3) is 17.7 Å². The highest BCUT2D eigenvalue weighted by Crippen LogP contribution is 2.43. The largest absolute Gasteiger partial charge is 0.508 e.